The number of benzene rings is 1. The summed E-state index contributed by atoms with van der Waals surface area (Å²) in [4.78, 5) is 2.08. The molecule has 1 aromatic carbocycles. The van der Waals surface area contributed by atoms with Crippen LogP contribution in [0, 0.1) is 11.3 Å². The summed E-state index contributed by atoms with van der Waals surface area (Å²) in [6.07, 6.45) is 2.24. The number of rotatable bonds is 5. The van der Waals surface area contributed by atoms with Crippen LogP contribution in [-0.4, -0.2) is 29.4 Å². The molecule has 0 unspecified atom stereocenters. The molecule has 0 heterocycles. The van der Waals surface area contributed by atoms with Crippen LogP contribution in [0.4, 0.5) is 5.69 Å². The third-order valence-corrected chi connectivity index (χ3v) is 3.00. The number of hydrogen-bond acceptors (Lipinski definition) is 4. The van der Waals surface area contributed by atoms with Crippen molar-refractivity contribution >= 4 is 5.69 Å². The molecule has 4 nitrogen and oxygen atoms in total. The van der Waals surface area contributed by atoms with Gasteiger partial charge in [-0.2, -0.15) is 5.26 Å². The lowest BCUT2D eigenvalue weighted by Crippen LogP contribution is -2.29. The first-order valence-corrected chi connectivity index (χ1v) is 5.81. The van der Waals surface area contributed by atoms with Crippen molar-refractivity contribution in [2.75, 3.05) is 18.1 Å². The molecule has 0 atom stereocenters. The highest BCUT2D eigenvalue weighted by Gasteiger charge is 2.30. The van der Waals surface area contributed by atoms with E-state index in [0.717, 1.165) is 24.1 Å². The minimum absolute atomic E-state index is 0.0572. The Hall–Kier alpha value is -1.57. The summed E-state index contributed by atoms with van der Waals surface area (Å²) in [6, 6.07) is 8.00. The second-order valence-corrected chi connectivity index (χ2v) is 4.27. The lowest BCUT2D eigenvalue weighted by Gasteiger charge is -2.25. The van der Waals surface area contributed by atoms with E-state index in [4.69, 9.17) is 15.5 Å². The van der Waals surface area contributed by atoms with Crippen molar-refractivity contribution in [3.05, 3.63) is 29.3 Å². The molecule has 0 aromatic heterocycles. The van der Waals surface area contributed by atoms with Gasteiger partial charge in [-0.1, -0.05) is 6.07 Å². The Morgan fingerprint density at radius 1 is 1.35 bits per heavy atom. The van der Waals surface area contributed by atoms with Gasteiger partial charge in [0, 0.05) is 12.6 Å². The molecule has 1 aromatic rings. The minimum Gasteiger partial charge on any atom is -0.395 e. The number of nitriles is 1. The first kappa shape index (κ1) is 11.9. The van der Waals surface area contributed by atoms with Crippen LogP contribution in [0.3, 0.4) is 0 Å². The van der Waals surface area contributed by atoms with Gasteiger partial charge in [0.15, 0.2) is 0 Å². The highest BCUT2D eigenvalue weighted by molar-refractivity contribution is 5.61. The Bertz CT molecular complexity index is 436. The lowest BCUT2D eigenvalue weighted by molar-refractivity contribution is 0.282. The summed E-state index contributed by atoms with van der Waals surface area (Å²) in [5.74, 6) is 0. The van der Waals surface area contributed by atoms with Crippen molar-refractivity contribution in [2.24, 2.45) is 0 Å². The zero-order valence-corrected chi connectivity index (χ0v) is 9.63. The maximum atomic E-state index is 9.14. The number of aliphatic hydroxyl groups is 2. The Morgan fingerprint density at radius 2 is 2.12 bits per heavy atom. The molecule has 1 aliphatic carbocycles. The Morgan fingerprint density at radius 3 is 2.65 bits per heavy atom. The Balaban J connectivity index is 2.32. The van der Waals surface area contributed by atoms with Crippen LogP contribution < -0.4 is 4.90 Å². The van der Waals surface area contributed by atoms with E-state index in [1.165, 1.54) is 0 Å². The van der Waals surface area contributed by atoms with Crippen molar-refractivity contribution in [2.45, 2.75) is 25.5 Å². The molecule has 2 rings (SSSR count). The predicted molar refractivity (Wildman–Crippen MR) is 64.5 cm³/mol. The molecule has 1 fully saturated rings. The molecule has 17 heavy (non-hydrogen) atoms. The van der Waals surface area contributed by atoms with Crippen molar-refractivity contribution in [3.63, 3.8) is 0 Å². The second kappa shape index (κ2) is 5.17. The highest BCUT2D eigenvalue weighted by atomic mass is 16.3. The molecule has 4 heteroatoms. The van der Waals surface area contributed by atoms with Gasteiger partial charge in [0.2, 0.25) is 0 Å². The van der Waals surface area contributed by atoms with E-state index in [1.807, 2.05) is 12.1 Å². The van der Waals surface area contributed by atoms with Gasteiger partial charge >= 0.3 is 0 Å². The van der Waals surface area contributed by atoms with Crippen molar-refractivity contribution in [1.29, 1.82) is 5.26 Å². The molecule has 0 radical (unpaired) electrons. The summed E-state index contributed by atoms with van der Waals surface area (Å²) >= 11 is 0. The number of nitrogens with zero attached hydrogens (tertiary/aromatic N) is 2. The molecule has 0 bridgehead atoms. The summed E-state index contributed by atoms with van der Waals surface area (Å²) < 4.78 is 0. The largest absolute Gasteiger partial charge is 0.395 e. The van der Waals surface area contributed by atoms with Gasteiger partial charge in [0.05, 0.1) is 24.5 Å². The summed E-state index contributed by atoms with van der Waals surface area (Å²) in [7, 11) is 0. The fourth-order valence-electron chi connectivity index (χ4n) is 2.02. The molecule has 0 aliphatic heterocycles. The van der Waals surface area contributed by atoms with E-state index in [2.05, 4.69) is 11.0 Å². The summed E-state index contributed by atoms with van der Waals surface area (Å²) in [5.41, 5.74) is 2.17. The van der Waals surface area contributed by atoms with Crippen LogP contribution in [-0.2, 0) is 6.61 Å². The predicted octanol–water partition coefficient (Wildman–Crippen LogP) is 1.01. The van der Waals surface area contributed by atoms with E-state index in [9.17, 15) is 0 Å². The standard InChI is InChI=1S/C13H16N2O2/c14-8-11-7-10(9-17)1-4-13(11)15(5-6-16)12-2-3-12/h1,4,7,12,16-17H,2-3,5-6,9H2. The molecule has 90 valence electrons. The van der Waals surface area contributed by atoms with Gasteiger partial charge in [-0.3, -0.25) is 0 Å². The fraction of sp³-hybridized carbons (Fsp3) is 0.462. The van der Waals surface area contributed by atoms with Crippen molar-refractivity contribution < 1.29 is 10.2 Å². The van der Waals surface area contributed by atoms with Crippen LogP contribution in [0.1, 0.15) is 24.0 Å². The zero-order chi connectivity index (χ0) is 12.3. The van der Waals surface area contributed by atoms with Crippen LogP contribution in [0.15, 0.2) is 18.2 Å². The average molecular weight is 232 g/mol. The van der Waals surface area contributed by atoms with E-state index in [-0.39, 0.29) is 13.2 Å². The molecular weight excluding hydrogens is 216 g/mol. The maximum Gasteiger partial charge on any atom is 0.101 e. The van der Waals surface area contributed by atoms with Crippen LogP contribution in [0.2, 0.25) is 0 Å². The highest BCUT2D eigenvalue weighted by Crippen LogP contribution is 2.33. The SMILES string of the molecule is N#Cc1cc(CO)ccc1N(CCO)C1CC1. The third-order valence-electron chi connectivity index (χ3n) is 3.00. The van der Waals surface area contributed by atoms with Gasteiger partial charge < -0.3 is 15.1 Å². The van der Waals surface area contributed by atoms with Gasteiger partial charge in [-0.15, -0.1) is 0 Å². The molecule has 0 amide bonds. The molecule has 1 aliphatic rings. The monoisotopic (exact) mass is 232 g/mol. The van der Waals surface area contributed by atoms with Gasteiger partial charge in [-0.25, -0.2) is 0 Å². The van der Waals surface area contributed by atoms with E-state index in [1.54, 1.807) is 6.07 Å². The summed E-state index contributed by atoms with van der Waals surface area (Å²) in [6.45, 7) is 0.583. The maximum absolute atomic E-state index is 9.14. The third kappa shape index (κ3) is 2.57. The molecule has 1 saturated carbocycles. The van der Waals surface area contributed by atoms with Crippen molar-refractivity contribution in [3.8, 4) is 6.07 Å². The zero-order valence-electron chi connectivity index (χ0n) is 9.63. The number of hydrogen-bond donors (Lipinski definition) is 2. The first-order chi connectivity index (χ1) is 8.30. The van der Waals surface area contributed by atoms with Crippen molar-refractivity contribution in [1.82, 2.24) is 0 Å². The fourth-order valence-corrected chi connectivity index (χ4v) is 2.02. The summed E-state index contributed by atoms with van der Waals surface area (Å²) in [5, 5.41) is 27.3. The Labute approximate surface area is 101 Å². The second-order valence-electron chi connectivity index (χ2n) is 4.27. The van der Waals surface area contributed by atoms with E-state index in [0.29, 0.717) is 18.2 Å². The van der Waals surface area contributed by atoms with E-state index < -0.39 is 0 Å². The quantitative estimate of drug-likeness (QED) is 0.795. The average Bonchev–Trinajstić information content (AvgIpc) is 3.19. The lowest BCUT2D eigenvalue weighted by atomic mass is 10.1. The van der Waals surface area contributed by atoms with Crippen LogP contribution in [0.25, 0.3) is 0 Å². The molecular formula is C13H16N2O2. The topological polar surface area (TPSA) is 67.5 Å². The van der Waals surface area contributed by atoms with Crippen LogP contribution >= 0.6 is 0 Å². The normalized spacial score (nSPS) is 14.4. The van der Waals surface area contributed by atoms with E-state index >= 15 is 0 Å². The van der Waals surface area contributed by atoms with Gasteiger partial charge in [0.25, 0.3) is 0 Å². The van der Waals surface area contributed by atoms with Crippen LogP contribution in [0.5, 0.6) is 0 Å². The minimum atomic E-state index is -0.0572. The van der Waals surface area contributed by atoms with Gasteiger partial charge in [0.1, 0.15) is 6.07 Å². The number of aliphatic hydroxyl groups excluding tert-OH is 2. The molecule has 2 N–H and O–H groups in total. The Kier molecular flexibility index (Phi) is 3.62. The number of anilines is 1. The first-order valence-electron chi connectivity index (χ1n) is 5.81. The molecule has 0 saturated heterocycles. The van der Waals surface area contributed by atoms with Gasteiger partial charge in [-0.05, 0) is 30.5 Å². The smallest absolute Gasteiger partial charge is 0.101 e. The molecule has 0 spiro atoms.